The van der Waals surface area contributed by atoms with E-state index in [9.17, 15) is 4.79 Å². The molecule has 0 saturated carbocycles. The molecule has 1 atom stereocenters. The molecule has 0 amide bonds. The number of anilines is 2. The van der Waals surface area contributed by atoms with Crippen molar-refractivity contribution in [1.29, 1.82) is 0 Å². The lowest BCUT2D eigenvalue weighted by Crippen LogP contribution is -2.20. The summed E-state index contributed by atoms with van der Waals surface area (Å²) in [6, 6.07) is -0.812. The first kappa shape index (κ1) is 13.5. The van der Waals surface area contributed by atoms with Gasteiger partial charge >= 0.3 is 5.97 Å². The van der Waals surface area contributed by atoms with E-state index in [1.807, 2.05) is 24.7 Å². The maximum atomic E-state index is 10.8. The Balaban J connectivity index is 2.09. The second-order valence-electron chi connectivity index (χ2n) is 4.32. The molecule has 0 aliphatic heterocycles. The molecule has 0 aromatic carbocycles. The van der Waals surface area contributed by atoms with Gasteiger partial charge in [-0.25, -0.2) is 4.98 Å². The lowest BCUT2D eigenvalue weighted by atomic mass is 10.2. The molecule has 2 aromatic rings. The van der Waals surface area contributed by atoms with E-state index in [0.717, 1.165) is 5.69 Å². The van der Waals surface area contributed by atoms with Crippen molar-refractivity contribution >= 4 is 28.1 Å². The molecule has 0 saturated heterocycles. The highest BCUT2D eigenvalue weighted by molar-refractivity contribution is 7.13. The van der Waals surface area contributed by atoms with Crippen molar-refractivity contribution in [1.82, 2.24) is 14.8 Å². The normalized spacial score (nSPS) is 12.6. The number of thiazole rings is 1. The molecule has 0 bridgehead atoms. The minimum Gasteiger partial charge on any atom is -0.480 e. The van der Waals surface area contributed by atoms with Crippen molar-refractivity contribution in [2.24, 2.45) is 5.73 Å². The summed E-state index contributed by atoms with van der Waals surface area (Å²) in [6.07, 6.45) is 3.56. The van der Waals surface area contributed by atoms with Crippen LogP contribution in [-0.2, 0) is 4.79 Å². The third-order valence-corrected chi connectivity index (χ3v) is 3.26. The van der Waals surface area contributed by atoms with Gasteiger partial charge in [-0.1, -0.05) is 0 Å². The van der Waals surface area contributed by atoms with Crippen molar-refractivity contribution in [3.63, 3.8) is 0 Å². The fraction of sp³-hybridized carbons (Fsp3) is 0.364. The summed E-state index contributed by atoms with van der Waals surface area (Å²) in [4.78, 5) is 14.9. The Morgan fingerprint density at radius 1 is 1.58 bits per heavy atom. The number of nitrogens with two attached hydrogens (primary N) is 1. The fourth-order valence-electron chi connectivity index (χ4n) is 1.42. The summed E-state index contributed by atoms with van der Waals surface area (Å²) in [7, 11) is 0. The van der Waals surface area contributed by atoms with E-state index < -0.39 is 12.0 Å². The Morgan fingerprint density at radius 3 is 2.89 bits per heavy atom. The van der Waals surface area contributed by atoms with Crippen LogP contribution in [0, 0.1) is 0 Å². The summed E-state index contributed by atoms with van der Waals surface area (Å²) >= 11 is 1.31. The maximum absolute atomic E-state index is 10.8. The Hall–Kier alpha value is -1.93. The molecule has 0 radical (unpaired) electrons. The van der Waals surface area contributed by atoms with Crippen molar-refractivity contribution < 1.29 is 9.90 Å². The van der Waals surface area contributed by atoms with Crippen LogP contribution in [-0.4, -0.2) is 25.8 Å². The van der Waals surface area contributed by atoms with Crippen LogP contribution < -0.4 is 11.1 Å². The van der Waals surface area contributed by atoms with E-state index >= 15 is 0 Å². The zero-order valence-corrected chi connectivity index (χ0v) is 11.4. The van der Waals surface area contributed by atoms with Crippen molar-refractivity contribution in [3.05, 3.63) is 23.5 Å². The highest BCUT2D eigenvalue weighted by Crippen LogP contribution is 2.23. The predicted octanol–water partition coefficient (Wildman–Crippen LogP) is 1.75. The van der Waals surface area contributed by atoms with Crippen molar-refractivity contribution in [2.75, 3.05) is 5.32 Å². The van der Waals surface area contributed by atoms with E-state index in [1.165, 1.54) is 11.3 Å². The largest absolute Gasteiger partial charge is 0.480 e. The van der Waals surface area contributed by atoms with Gasteiger partial charge in [-0.2, -0.15) is 5.10 Å². The third kappa shape index (κ3) is 3.09. The van der Waals surface area contributed by atoms with E-state index in [0.29, 0.717) is 10.8 Å². The second-order valence-corrected chi connectivity index (χ2v) is 5.18. The third-order valence-electron chi connectivity index (χ3n) is 2.49. The molecule has 0 aliphatic carbocycles. The van der Waals surface area contributed by atoms with Crippen LogP contribution in [0.4, 0.5) is 10.8 Å². The zero-order valence-electron chi connectivity index (χ0n) is 10.6. The standard InChI is InChI=1S/C11H15N5O2S/c1-6(2)16-4-7(3-13-16)14-11-15-8(5-19-11)9(12)10(17)18/h3-6,9H,12H2,1-2H3,(H,14,15)(H,17,18). The van der Waals surface area contributed by atoms with Gasteiger partial charge in [0, 0.05) is 17.6 Å². The lowest BCUT2D eigenvalue weighted by molar-refractivity contribution is -0.138. The average Bonchev–Trinajstić information content (AvgIpc) is 2.97. The number of carbonyl (C=O) groups is 1. The van der Waals surface area contributed by atoms with E-state index in [2.05, 4.69) is 15.4 Å². The Morgan fingerprint density at radius 2 is 2.32 bits per heavy atom. The summed E-state index contributed by atoms with van der Waals surface area (Å²) in [5, 5.41) is 18.3. The molecule has 0 aliphatic rings. The highest BCUT2D eigenvalue weighted by atomic mass is 32.1. The van der Waals surface area contributed by atoms with Crippen molar-refractivity contribution in [3.8, 4) is 0 Å². The van der Waals surface area contributed by atoms with E-state index in [-0.39, 0.29) is 6.04 Å². The average molecular weight is 281 g/mol. The van der Waals surface area contributed by atoms with Crippen LogP contribution in [0.3, 0.4) is 0 Å². The van der Waals surface area contributed by atoms with Gasteiger partial charge in [-0.3, -0.25) is 9.48 Å². The van der Waals surface area contributed by atoms with Crippen LogP contribution in [0.5, 0.6) is 0 Å². The first-order chi connectivity index (χ1) is 8.97. The number of hydrogen-bond donors (Lipinski definition) is 3. The monoisotopic (exact) mass is 281 g/mol. The summed E-state index contributed by atoms with van der Waals surface area (Å²) in [5.74, 6) is -1.09. The van der Waals surface area contributed by atoms with Crippen LogP contribution in [0.15, 0.2) is 17.8 Å². The van der Waals surface area contributed by atoms with Crippen LogP contribution >= 0.6 is 11.3 Å². The summed E-state index contributed by atoms with van der Waals surface area (Å²) in [6.45, 7) is 4.06. The molecular weight excluding hydrogens is 266 g/mol. The number of aliphatic carboxylic acids is 1. The van der Waals surface area contributed by atoms with Gasteiger partial charge in [0.2, 0.25) is 0 Å². The SMILES string of the molecule is CC(C)n1cc(Nc2nc(C(N)C(=O)O)cs2)cn1. The molecule has 7 nitrogen and oxygen atoms in total. The van der Waals surface area contributed by atoms with Gasteiger partial charge in [0.05, 0.1) is 17.6 Å². The Kier molecular flexibility index (Phi) is 3.82. The zero-order chi connectivity index (χ0) is 14.0. The molecule has 102 valence electrons. The summed E-state index contributed by atoms with van der Waals surface area (Å²) < 4.78 is 1.82. The molecule has 8 heteroatoms. The molecular formula is C11H15N5O2S. The Bertz CT molecular complexity index is 577. The number of hydrogen-bond acceptors (Lipinski definition) is 6. The van der Waals surface area contributed by atoms with E-state index in [1.54, 1.807) is 11.6 Å². The van der Waals surface area contributed by atoms with Gasteiger partial charge in [-0.05, 0) is 13.8 Å². The number of nitrogens with zero attached hydrogens (tertiary/aromatic N) is 3. The maximum Gasteiger partial charge on any atom is 0.326 e. The van der Waals surface area contributed by atoms with Gasteiger partial charge in [0.25, 0.3) is 0 Å². The molecule has 2 heterocycles. The molecule has 4 N–H and O–H groups in total. The molecule has 2 rings (SSSR count). The number of carboxylic acid groups (broad SMARTS) is 1. The second kappa shape index (κ2) is 5.37. The topological polar surface area (TPSA) is 106 Å². The van der Waals surface area contributed by atoms with Crippen LogP contribution in [0.1, 0.15) is 31.6 Å². The van der Waals surface area contributed by atoms with Gasteiger partial charge in [0.1, 0.15) is 6.04 Å². The summed E-state index contributed by atoms with van der Waals surface area (Å²) in [5.41, 5.74) is 6.64. The first-order valence-corrected chi connectivity index (χ1v) is 6.60. The molecule has 0 spiro atoms. The Labute approximate surface area is 114 Å². The quantitative estimate of drug-likeness (QED) is 0.771. The number of carboxylic acids is 1. The van der Waals surface area contributed by atoms with Crippen LogP contribution in [0.2, 0.25) is 0 Å². The lowest BCUT2D eigenvalue weighted by Gasteiger charge is -2.03. The fourth-order valence-corrected chi connectivity index (χ4v) is 2.19. The number of aromatic nitrogens is 3. The minimum absolute atomic E-state index is 0.280. The number of nitrogens with one attached hydrogen (secondary N) is 1. The first-order valence-electron chi connectivity index (χ1n) is 5.72. The van der Waals surface area contributed by atoms with Crippen molar-refractivity contribution in [2.45, 2.75) is 25.9 Å². The minimum atomic E-state index is -1.09. The van der Waals surface area contributed by atoms with Gasteiger partial charge < -0.3 is 16.2 Å². The van der Waals surface area contributed by atoms with Crippen LogP contribution in [0.25, 0.3) is 0 Å². The van der Waals surface area contributed by atoms with E-state index in [4.69, 9.17) is 10.8 Å². The molecule has 2 aromatic heterocycles. The van der Waals surface area contributed by atoms with Gasteiger partial charge in [-0.15, -0.1) is 11.3 Å². The predicted molar refractivity (Wildman–Crippen MR) is 72.6 cm³/mol. The molecule has 1 unspecified atom stereocenters. The number of rotatable bonds is 5. The smallest absolute Gasteiger partial charge is 0.326 e. The highest BCUT2D eigenvalue weighted by Gasteiger charge is 2.17. The van der Waals surface area contributed by atoms with Gasteiger partial charge in [0.15, 0.2) is 5.13 Å². The molecule has 19 heavy (non-hydrogen) atoms. The molecule has 0 fully saturated rings.